The fraction of sp³-hybridized carbons (Fsp3) is 0.385. The van der Waals surface area contributed by atoms with Gasteiger partial charge in [-0.05, 0) is 11.0 Å². The summed E-state index contributed by atoms with van der Waals surface area (Å²) in [5, 5.41) is 3.84. The van der Waals surface area contributed by atoms with E-state index in [1.165, 1.54) is 12.7 Å². The Morgan fingerprint density at radius 2 is 1.76 bits per heavy atom. The minimum Gasteiger partial charge on any atom is -0.452 e. The SMILES string of the molecule is COc1nc(-c2ccc(C(C)(C)C)cc2)no1. The summed E-state index contributed by atoms with van der Waals surface area (Å²) in [6.07, 6.45) is 0.180. The average Bonchev–Trinajstić information content (AvgIpc) is 2.76. The highest BCUT2D eigenvalue weighted by Crippen LogP contribution is 2.25. The van der Waals surface area contributed by atoms with Crippen molar-refractivity contribution in [3.8, 4) is 17.5 Å². The Labute approximate surface area is 101 Å². The largest absolute Gasteiger partial charge is 0.452 e. The lowest BCUT2D eigenvalue weighted by Gasteiger charge is -2.18. The van der Waals surface area contributed by atoms with Crippen LogP contribution in [0.1, 0.15) is 26.3 Å². The fourth-order valence-electron chi connectivity index (χ4n) is 1.53. The lowest BCUT2D eigenvalue weighted by atomic mass is 9.87. The van der Waals surface area contributed by atoms with Crippen molar-refractivity contribution < 1.29 is 9.26 Å². The molecule has 0 radical (unpaired) electrons. The molecule has 2 aromatic rings. The van der Waals surface area contributed by atoms with Gasteiger partial charge in [-0.1, -0.05) is 50.2 Å². The molecule has 0 saturated carbocycles. The van der Waals surface area contributed by atoms with Crippen molar-refractivity contribution in [2.45, 2.75) is 26.2 Å². The van der Waals surface area contributed by atoms with Gasteiger partial charge >= 0.3 is 6.08 Å². The van der Waals surface area contributed by atoms with Gasteiger partial charge < -0.3 is 4.74 Å². The highest BCUT2D eigenvalue weighted by Gasteiger charge is 2.14. The number of hydrogen-bond acceptors (Lipinski definition) is 4. The summed E-state index contributed by atoms with van der Waals surface area (Å²) in [4.78, 5) is 4.09. The molecule has 0 fully saturated rings. The molecule has 0 amide bonds. The van der Waals surface area contributed by atoms with Crippen molar-refractivity contribution in [3.63, 3.8) is 0 Å². The highest BCUT2D eigenvalue weighted by atomic mass is 16.6. The van der Waals surface area contributed by atoms with Crippen LogP contribution in [0.25, 0.3) is 11.4 Å². The highest BCUT2D eigenvalue weighted by molar-refractivity contribution is 5.55. The molecular weight excluding hydrogens is 216 g/mol. The molecule has 1 heterocycles. The third-order valence-electron chi connectivity index (χ3n) is 2.59. The summed E-state index contributed by atoms with van der Waals surface area (Å²) >= 11 is 0. The van der Waals surface area contributed by atoms with Crippen LogP contribution in [0.5, 0.6) is 6.08 Å². The monoisotopic (exact) mass is 232 g/mol. The van der Waals surface area contributed by atoms with Crippen molar-refractivity contribution in [1.82, 2.24) is 10.1 Å². The first-order valence-corrected chi connectivity index (χ1v) is 5.49. The lowest BCUT2D eigenvalue weighted by molar-refractivity contribution is 0.250. The Morgan fingerprint density at radius 1 is 1.12 bits per heavy atom. The van der Waals surface area contributed by atoms with Crippen molar-refractivity contribution >= 4 is 0 Å². The second-order valence-electron chi connectivity index (χ2n) is 4.92. The van der Waals surface area contributed by atoms with Crippen LogP contribution < -0.4 is 4.74 Å². The van der Waals surface area contributed by atoms with Crippen LogP contribution in [-0.4, -0.2) is 17.3 Å². The Morgan fingerprint density at radius 3 is 2.24 bits per heavy atom. The molecule has 1 aromatic carbocycles. The molecule has 0 spiro atoms. The number of ether oxygens (including phenoxy) is 1. The standard InChI is InChI=1S/C13H16N2O2/c1-13(2,3)10-7-5-9(6-8-10)11-14-12(16-4)17-15-11/h5-8H,1-4H3. The maximum absolute atomic E-state index is 4.88. The first-order chi connectivity index (χ1) is 8.00. The molecule has 0 saturated heterocycles. The van der Waals surface area contributed by atoms with E-state index in [1.807, 2.05) is 12.1 Å². The second kappa shape index (κ2) is 4.20. The summed E-state index contributed by atoms with van der Waals surface area (Å²) in [5.41, 5.74) is 2.34. The number of hydrogen-bond donors (Lipinski definition) is 0. The molecule has 4 heteroatoms. The number of nitrogens with zero attached hydrogens (tertiary/aromatic N) is 2. The van der Waals surface area contributed by atoms with Crippen molar-refractivity contribution in [2.75, 3.05) is 7.11 Å². The van der Waals surface area contributed by atoms with E-state index in [4.69, 9.17) is 9.26 Å². The molecule has 90 valence electrons. The molecule has 0 unspecified atom stereocenters. The van der Waals surface area contributed by atoms with Gasteiger partial charge in [0.2, 0.25) is 5.82 Å². The smallest absolute Gasteiger partial charge is 0.417 e. The van der Waals surface area contributed by atoms with E-state index in [1.54, 1.807) is 0 Å². The molecule has 0 aliphatic carbocycles. The Balaban J connectivity index is 2.29. The van der Waals surface area contributed by atoms with Crippen molar-refractivity contribution in [2.24, 2.45) is 0 Å². The van der Waals surface area contributed by atoms with Gasteiger partial charge in [-0.25, -0.2) is 0 Å². The minimum absolute atomic E-state index is 0.146. The van der Waals surface area contributed by atoms with Crippen LogP contribution in [-0.2, 0) is 5.41 Å². The zero-order valence-electron chi connectivity index (χ0n) is 10.5. The molecule has 1 aromatic heterocycles. The average molecular weight is 232 g/mol. The third kappa shape index (κ3) is 2.46. The molecule has 0 N–H and O–H groups in total. The van der Waals surface area contributed by atoms with E-state index in [-0.39, 0.29) is 11.5 Å². The maximum Gasteiger partial charge on any atom is 0.417 e. The lowest BCUT2D eigenvalue weighted by Crippen LogP contribution is -2.10. The summed E-state index contributed by atoms with van der Waals surface area (Å²) < 4.78 is 9.74. The summed E-state index contributed by atoms with van der Waals surface area (Å²) in [5.74, 6) is 0.544. The first kappa shape index (κ1) is 11.6. The molecule has 0 bridgehead atoms. The topological polar surface area (TPSA) is 48.2 Å². The van der Waals surface area contributed by atoms with E-state index >= 15 is 0 Å². The fourth-order valence-corrected chi connectivity index (χ4v) is 1.53. The number of rotatable bonds is 2. The molecule has 0 atom stereocenters. The normalized spacial score (nSPS) is 11.5. The third-order valence-corrected chi connectivity index (χ3v) is 2.59. The summed E-state index contributed by atoms with van der Waals surface area (Å²) in [6.45, 7) is 6.54. The van der Waals surface area contributed by atoms with Gasteiger partial charge in [-0.15, -0.1) is 0 Å². The first-order valence-electron chi connectivity index (χ1n) is 5.49. The predicted octanol–water partition coefficient (Wildman–Crippen LogP) is 3.04. The molecule has 0 aliphatic heterocycles. The number of aromatic nitrogens is 2. The van der Waals surface area contributed by atoms with Gasteiger partial charge in [0.15, 0.2) is 0 Å². The number of benzene rings is 1. The molecule has 4 nitrogen and oxygen atoms in total. The quantitative estimate of drug-likeness (QED) is 0.798. The summed E-state index contributed by atoms with van der Waals surface area (Å²) in [6, 6.07) is 8.14. The molecule has 2 rings (SSSR count). The minimum atomic E-state index is 0.146. The zero-order valence-corrected chi connectivity index (χ0v) is 10.5. The zero-order chi connectivity index (χ0) is 12.5. The van der Waals surface area contributed by atoms with Gasteiger partial charge in [0.05, 0.1) is 7.11 Å². The van der Waals surface area contributed by atoms with E-state index in [0.29, 0.717) is 5.82 Å². The van der Waals surface area contributed by atoms with E-state index in [9.17, 15) is 0 Å². The van der Waals surface area contributed by atoms with Gasteiger partial charge in [-0.3, -0.25) is 4.52 Å². The Kier molecular flexibility index (Phi) is 2.88. The van der Waals surface area contributed by atoms with Gasteiger partial charge in [0.25, 0.3) is 0 Å². The van der Waals surface area contributed by atoms with Gasteiger partial charge in [-0.2, -0.15) is 4.98 Å². The maximum atomic E-state index is 4.88. The predicted molar refractivity (Wildman–Crippen MR) is 65.0 cm³/mol. The van der Waals surface area contributed by atoms with Crippen LogP contribution in [0.2, 0.25) is 0 Å². The van der Waals surface area contributed by atoms with Crippen LogP contribution >= 0.6 is 0 Å². The van der Waals surface area contributed by atoms with Crippen LogP contribution in [0.3, 0.4) is 0 Å². The Bertz CT molecular complexity index is 495. The van der Waals surface area contributed by atoms with E-state index in [0.717, 1.165) is 5.56 Å². The molecular formula is C13H16N2O2. The Hall–Kier alpha value is -1.84. The second-order valence-corrected chi connectivity index (χ2v) is 4.92. The molecule has 0 aliphatic rings. The molecule has 17 heavy (non-hydrogen) atoms. The number of methoxy groups -OCH3 is 1. The van der Waals surface area contributed by atoms with E-state index in [2.05, 4.69) is 43.0 Å². The van der Waals surface area contributed by atoms with E-state index < -0.39 is 0 Å². The van der Waals surface area contributed by atoms with Gasteiger partial charge in [0, 0.05) is 5.56 Å². The van der Waals surface area contributed by atoms with Crippen molar-refractivity contribution in [3.05, 3.63) is 29.8 Å². The van der Waals surface area contributed by atoms with Crippen LogP contribution in [0, 0.1) is 0 Å². The van der Waals surface area contributed by atoms with Crippen LogP contribution in [0.15, 0.2) is 28.8 Å². The van der Waals surface area contributed by atoms with Crippen molar-refractivity contribution in [1.29, 1.82) is 0 Å². The van der Waals surface area contributed by atoms with Gasteiger partial charge in [0.1, 0.15) is 0 Å². The van der Waals surface area contributed by atoms with Crippen LogP contribution in [0.4, 0.5) is 0 Å². The summed E-state index contributed by atoms with van der Waals surface area (Å²) in [7, 11) is 1.50.